The summed E-state index contributed by atoms with van der Waals surface area (Å²) < 4.78 is 1.63. The van der Waals surface area contributed by atoms with Gasteiger partial charge >= 0.3 is 0 Å². The number of nitrogens with zero attached hydrogens (tertiary/aromatic N) is 4. The summed E-state index contributed by atoms with van der Waals surface area (Å²) in [5.41, 5.74) is 1.13. The van der Waals surface area contributed by atoms with E-state index in [9.17, 15) is 9.59 Å². The van der Waals surface area contributed by atoms with Gasteiger partial charge in [0.15, 0.2) is 0 Å². The molecule has 0 spiro atoms. The Morgan fingerprint density at radius 1 is 1.16 bits per heavy atom. The Kier molecular flexibility index (Phi) is 6.63. The predicted molar refractivity (Wildman–Crippen MR) is 128 cm³/mol. The van der Waals surface area contributed by atoms with E-state index < -0.39 is 0 Å². The zero-order valence-electron chi connectivity index (χ0n) is 18.8. The minimum Gasteiger partial charge on any atom is -0.331 e. The highest BCUT2D eigenvalue weighted by molar-refractivity contribution is 6.30. The lowest BCUT2D eigenvalue weighted by Crippen LogP contribution is -2.42. The monoisotopic (exact) mass is 452 g/mol. The lowest BCUT2D eigenvalue weighted by molar-refractivity contribution is -0.135. The molecule has 0 bridgehead atoms. The number of hydrogen-bond acceptors (Lipinski definition) is 4. The van der Waals surface area contributed by atoms with E-state index in [2.05, 4.69) is 4.90 Å². The number of carbonyl (C=O) groups excluding carboxylic acids is 1. The molecule has 0 radical (unpaired) electrons. The molecule has 1 amide bonds. The maximum atomic E-state index is 13.7. The number of para-hydroxylation sites is 1. The molecule has 1 aromatic heterocycles. The van der Waals surface area contributed by atoms with Crippen LogP contribution in [0.1, 0.15) is 38.1 Å². The summed E-state index contributed by atoms with van der Waals surface area (Å²) in [6.45, 7) is 3.36. The Hall–Kier alpha value is -2.70. The summed E-state index contributed by atoms with van der Waals surface area (Å²) in [5.74, 6) is 0.808. The fraction of sp³-hybridized carbons (Fsp3) is 0.400. The topological polar surface area (TPSA) is 58.4 Å². The maximum Gasteiger partial charge on any atom is 0.266 e. The molecule has 1 fully saturated rings. The van der Waals surface area contributed by atoms with Crippen LogP contribution in [-0.4, -0.2) is 52.4 Å². The van der Waals surface area contributed by atoms with Gasteiger partial charge in [0, 0.05) is 24.0 Å². The summed E-state index contributed by atoms with van der Waals surface area (Å²) >= 11 is 6.27. The molecule has 1 aliphatic rings. The van der Waals surface area contributed by atoms with Crippen LogP contribution in [0.3, 0.4) is 0 Å². The standard InChI is InChI=1S/C25H29ClN4O2/c1-4-22(29(15-14-28(2)3)24(31)17-12-13-17)23-27-21-11-6-5-10-20(21)25(32)30(23)19-9-7-8-18(26)16-19/h5-11,16-17,22H,4,12-15H2,1-3H3. The van der Waals surface area contributed by atoms with Gasteiger partial charge in [-0.1, -0.05) is 36.7 Å². The number of likely N-dealkylation sites (N-methyl/N-ethyl adjacent to an activating group) is 1. The third kappa shape index (κ3) is 4.57. The van der Waals surface area contributed by atoms with Gasteiger partial charge in [0.1, 0.15) is 5.82 Å². The molecule has 1 saturated carbocycles. The van der Waals surface area contributed by atoms with Crippen molar-refractivity contribution in [1.82, 2.24) is 19.4 Å². The average Bonchev–Trinajstić information content (AvgIpc) is 3.61. The molecular formula is C25H29ClN4O2. The molecule has 0 N–H and O–H groups in total. The van der Waals surface area contributed by atoms with E-state index in [1.165, 1.54) is 0 Å². The molecule has 1 heterocycles. The smallest absolute Gasteiger partial charge is 0.266 e. The fourth-order valence-corrected chi connectivity index (χ4v) is 4.26. The molecule has 3 aromatic rings. The van der Waals surface area contributed by atoms with E-state index in [1.807, 2.05) is 56.3 Å². The van der Waals surface area contributed by atoms with Crippen LogP contribution in [0.5, 0.6) is 0 Å². The van der Waals surface area contributed by atoms with Gasteiger partial charge in [0.2, 0.25) is 5.91 Å². The molecule has 32 heavy (non-hydrogen) atoms. The summed E-state index contributed by atoms with van der Waals surface area (Å²) in [4.78, 5) is 35.9. The van der Waals surface area contributed by atoms with Crippen LogP contribution in [0.4, 0.5) is 0 Å². The van der Waals surface area contributed by atoms with Gasteiger partial charge in [0.25, 0.3) is 5.56 Å². The lowest BCUT2D eigenvalue weighted by Gasteiger charge is -2.33. The number of amides is 1. The van der Waals surface area contributed by atoms with Crippen LogP contribution < -0.4 is 5.56 Å². The Morgan fingerprint density at radius 3 is 2.56 bits per heavy atom. The molecule has 0 saturated heterocycles. The third-order valence-corrected chi connectivity index (χ3v) is 6.16. The van der Waals surface area contributed by atoms with Crippen molar-refractivity contribution >= 4 is 28.4 Å². The number of halogens is 1. The molecule has 7 heteroatoms. The van der Waals surface area contributed by atoms with Gasteiger partial charge in [0.05, 0.1) is 22.6 Å². The Bertz CT molecular complexity index is 1190. The fourth-order valence-electron chi connectivity index (χ4n) is 4.07. The van der Waals surface area contributed by atoms with Crippen molar-refractivity contribution < 1.29 is 4.79 Å². The molecule has 2 aromatic carbocycles. The first kappa shape index (κ1) is 22.5. The van der Waals surface area contributed by atoms with E-state index in [4.69, 9.17) is 16.6 Å². The quantitative estimate of drug-likeness (QED) is 0.511. The minimum absolute atomic E-state index is 0.0815. The molecule has 1 atom stereocenters. The highest BCUT2D eigenvalue weighted by Gasteiger charge is 2.37. The highest BCUT2D eigenvalue weighted by atomic mass is 35.5. The third-order valence-electron chi connectivity index (χ3n) is 5.93. The zero-order valence-corrected chi connectivity index (χ0v) is 19.5. The van der Waals surface area contributed by atoms with E-state index in [-0.39, 0.29) is 23.4 Å². The number of hydrogen-bond donors (Lipinski definition) is 0. The van der Waals surface area contributed by atoms with Gasteiger partial charge in [-0.25, -0.2) is 4.98 Å². The molecule has 4 rings (SSSR count). The van der Waals surface area contributed by atoms with Crippen molar-refractivity contribution in [3.05, 3.63) is 69.7 Å². The van der Waals surface area contributed by atoms with Crippen LogP contribution in [0, 0.1) is 5.92 Å². The second-order valence-corrected chi connectivity index (χ2v) is 9.08. The lowest BCUT2D eigenvalue weighted by atomic mass is 10.1. The van der Waals surface area contributed by atoms with Crippen molar-refractivity contribution in [2.75, 3.05) is 27.2 Å². The number of fused-ring (bicyclic) bond motifs is 1. The second-order valence-electron chi connectivity index (χ2n) is 8.64. The van der Waals surface area contributed by atoms with Crippen molar-refractivity contribution in [2.24, 2.45) is 5.92 Å². The van der Waals surface area contributed by atoms with Crippen molar-refractivity contribution in [3.8, 4) is 5.69 Å². The van der Waals surface area contributed by atoms with Crippen LogP contribution in [0.25, 0.3) is 16.6 Å². The maximum absolute atomic E-state index is 13.7. The molecule has 1 unspecified atom stereocenters. The van der Waals surface area contributed by atoms with Crippen LogP contribution >= 0.6 is 11.6 Å². The van der Waals surface area contributed by atoms with Crippen LogP contribution in [0.2, 0.25) is 5.02 Å². The SMILES string of the molecule is CCC(c1nc2ccccc2c(=O)n1-c1cccc(Cl)c1)N(CCN(C)C)C(=O)C1CC1. The summed E-state index contributed by atoms with van der Waals surface area (Å²) in [6.07, 6.45) is 2.51. The van der Waals surface area contributed by atoms with E-state index in [0.29, 0.717) is 40.4 Å². The first-order valence-electron chi connectivity index (χ1n) is 11.1. The number of carbonyl (C=O) groups is 1. The summed E-state index contributed by atoms with van der Waals surface area (Å²) in [7, 11) is 3.99. The van der Waals surface area contributed by atoms with Crippen molar-refractivity contribution in [1.29, 1.82) is 0 Å². The van der Waals surface area contributed by atoms with E-state index in [0.717, 1.165) is 19.4 Å². The number of aromatic nitrogens is 2. The summed E-state index contributed by atoms with van der Waals surface area (Å²) in [6, 6.07) is 14.3. The first-order chi connectivity index (χ1) is 15.4. The zero-order chi connectivity index (χ0) is 22.8. The Balaban J connectivity index is 1.92. The van der Waals surface area contributed by atoms with Crippen molar-refractivity contribution in [2.45, 2.75) is 32.2 Å². The molecule has 0 aliphatic heterocycles. The van der Waals surface area contributed by atoms with Gasteiger partial charge in [-0.2, -0.15) is 0 Å². The number of benzene rings is 2. The van der Waals surface area contributed by atoms with E-state index in [1.54, 1.807) is 22.8 Å². The average molecular weight is 453 g/mol. The Morgan fingerprint density at radius 2 is 1.91 bits per heavy atom. The largest absolute Gasteiger partial charge is 0.331 e. The predicted octanol–water partition coefficient (Wildman–Crippen LogP) is 4.29. The first-order valence-corrected chi connectivity index (χ1v) is 11.5. The Labute approximate surface area is 193 Å². The minimum atomic E-state index is -0.320. The van der Waals surface area contributed by atoms with Crippen molar-refractivity contribution in [3.63, 3.8) is 0 Å². The molecular weight excluding hydrogens is 424 g/mol. The van der Waals surface area contributed by atoms with Crippen LogP contribution in [-0.2, 0) is 4.79 Å². The van der Waals surface area contributed by atoms with E-state index >= 15 is 0 Å². The summed E-state index contributed by atoms with van der Waals surface area (Å²) in [5, 5.41) is 1.08. The van der Waals surface area contributed by atoms with Gasteiger partial charge in [-0.3, -0.25) is 14.2 Å². The molecule has 1 aliphatic carbocycles. The molecule has 168 valence electrons. The van der Waals surface area contributed by atoms with Gasteiger partial charge in [-0.05, 0) is 63.7 Å². The van der Waals surface area contributed by atoms with Crippen LogP contribution in [0.15, 0.2) is 53.3 Å². The van der Waals surface area contributed by atoms with Gasteiger partial charge < -0.3 is 9.80 Å². The number of rotatable bonds is 8. The highest BCUT2D eigenvalue weighted by Crippen LogP contribution is 2.35. The molecule has 6 nitrogen and oxygen atoms in total. The second kappa shape index (κ2) is 9.43. The normalized spacial score (nSPS) is 14.7. The van der Waals surface area contributed by atoms with Gasteiger partial charge in [-0.15, -0.1) is 0 Å².